The number of amides is 1. The molecule has 0 radical (unpaired) electrons. The summed E-state index contributed by atoms with van der Waals surface area (Å²) in [4.78, 5) is 27.4. The van der Waals surface area contributed by atoms with E-state index in [1.165, 1.54) is 23.1 Å². The quantitative estimate of drug-likeness (QED) is 0.304. The largest absolute Gasteiger partial charge is 0.507 e. The molecular formula is C25H24N2O7. The second kappa shape index (κ2) is 9.30. The highest BCUT2D eigenvalue weighted by molar-refractivity contribution is 6.51. The number of carbonyl (C=O) groups excluding carboxylic acids is 2. The van der Waals surface area contributed by atoms with Gasteiger partial charge in [-0.25, -0.2) is 0 Å². The van der Waals surface area contributed by atoms with Gasteiger partial charge in [0.2, 0.25) is 0 Å². The summed E-state index contributed by atoms with van der Waals surface area (Å²) in [6, 6.07) is 11.5. The van der Waals surface area contributed by atoms with Crippen molar-refractivity contribution in [1.82, 2.24) is 5.16 Å². The van der Waals surface area contributed by atoms with Crippen molar-refractivity contribution in [2.45, 2.75) is 26.8 Å². The number of anilines is 1. The summed E-state index contributed by atoms with van der Waals surface area (Å²) >= 11 is 0. The number of aryl methyl sites for hydroxylation is 1. The average Bonchev–Trinajstić information content (AvgIpc) is 3.36. The Labute approximate surface area is 195 Å². The van der Waals surface area contributed by atoms with Crippen molar-refractivity contribution >= 4 is 23.3 Å². The SMILES string of the molecule is CCOc1ccc(C(O)=C2C(=O)C(=O)N(c3cc(C)on3)[C@@H]2c2ccc(O)c(OCC)c2)cc1. The molecule has 0 saturated carbocycles. The van der Waals surface area contributed by atoms with Crippen LogP contribution in [0.2, 0.25) is 0 Å². The summed E-state index contributed by atoms with van der Waals surface area (Å²) in [6.07, 6.45) is 0. The van der Waals surface area contributed by atoms with Gasteiger partial charge in [-0.15, -0.1) is 0 Å². The lowest BCUT2D eigenvalue weighted by atomic mass is 9.95. The van der Waals surface area contributed by atoms with Crippen LogP contribution in [0.5, 0.6) is 17.2 Å². The molecule has 2 heterocycles. The van der Waals surface area contributed by atoms with Gasteiger partial charge in [-0.3, -0.25) is 14.5 Å². The maximum atomic E-state index is 13.2. The number of ether oxygens (including phenoxy) is 2. The molecule has 0 spiro atoms. The van der Waals surface area contributed by atoms with Crippen LogP contribution < -0.4 is 14.4 Å². The first-order valence-electron chi connectivity index (χ1n) is 10.8. The predicted octanol–water partition coefficient (Wildman–Crippen LogP) is 4.11. The van der Waals surface area contributed by atoms with Gasteiger partial charge in [0.15, 0.2) is 17.3 Å². The Hall–Kier alpha value is -4.27. The first-order chi connectivity index (χ1) is 16.3. The summed E-state index contributed by atoms with van der Waals surface area (Å²) < 4.78 is 16.1. The van der Waals surface area contributed by atoms with Crippen LogP contribution in [-0.4, -0.2) is 40.3 Å². The molecule has 1 atom stereocenters. The molecule has 2 aromatic carbocycles. The number of aromatic hydroxyl groups is 1. The van der Waals surface area contributed by atoms with Crippen LogP contribution >= 0.6 is 0 Å². The third kappa shape index (κ3) is 4.07. The van der Waals surface area contributed by atoms with Crippen molar-refractivity contribution in [2.24, 2.45) is 0 Å². The Balaban J connectivity index is 1.90. The molecular weight excluding hydrogens is 440 g/mol. The van der Waals surface area contributed by atoms with Crippen molar-refractivity contribution < 1.29 is 33.8 Å². The van der Waals surface area contributed by atoms with Gasteiger partial charge in [0.05, 0.1) is 24.8 Å². The highest BCUT2D eigenvalue weighted by Crippen LogP contribution is 2.43. The lowest BCUT2D eigenvalue weighted by molar-refractivity contribution is -0.132. The molecule has 0 aliphatic carbocycles. The Morgan fingerprint density at radius 2 is 1.76 bits per heavy atom. The molecule has 3 aromatic rings. The van der Waals surface area contributed by atoms with E-state index in [0.29, 0.717) is 35.9 Å². The van der Waals surface area contributed by atoms with Crippen LogP contribution in [0.1, 0.15) is 36.8 Å². The first kappa shape index (κ1) is 22.9. The van der Waals surface area contributed by atoms with E-state index in [0.717, 1.165) is 0 Å². The number of Topliss-reactive ketones (excluding diaryl/α,β-unsaturated/α-hetero) is 1. The molecule has 0 unspecified atom stereocenters. The fourth-order valence-corrected chi connectivity index (χ4v) is 3.85. The highest BCUT2D eigenvalue weighted by Gasteiger charge is 2.48. The lowest BCUT2D eigenvalue weighted by Crippen LogP contribution is -2.29. The fourth-order valence-electron chi connectivity index (χ4n) is 3.85. The van der Waals surface area contributed by atoms with E-state index >= 15 is 0 Å². The molecule has 2 N–H and O–H groups in total. The van der Waals surface area contributed by atoms with Crippen LogP contribution in [-0.2, 0) is 9.59 Å². The van der Waals surface area contributed by atoms with Crippen molar-refractivity contribution in [3.8, 4) is 17.2 Å². The number of ketones is 1. The number of aromatic nitrogens is 1. The average molecular weight is 464 g/mol. The van der Waals surface area contributed by atoms with Gasteiger partial charge in [0.1, 0.15) is 17.3 Å². The molecule has 1 amide bonds. The number of nitrogens with zero attached hydrogens (tertiary/aromatic N) is 2. The molecule has 1 aromatic heterocycles. The van der Waals surface area contributed by atoms with Crippen molar-refractivity contribution in [3.05, 3.63) is 71.0 Å². The number of carbonyl (C=O) groups is 2. The van der Waals surface area contributed by atoms with E-state index < -0.39 is 17.7 Å². The Morgan fingerprint density at radius 3 is 2.38 bits per heavy atom. The number of phenols is 1. The second-order valence-electron chi connectivity index (χ2n) is 7.58. The third-order valence-electron chi connectivity index (χ3n) is 5.34. The summed E-state index contributed by atoms with van der Waals surface area (Å²) in [7, 11) is 0. The Kier molecular flexibility index (Phi) is 6.27. The lowest BCUT2D eigenvalue weighted by Gasteiger charge is -2.23. The van der Waals surface area contributed by atoms with E-state index in [-0.39, 0.29) is 28.6 Å². The van der Waals surface area contributed by atoms with Crippen LogP contribution in [0.25, 0.3) is 5.76 Å². The zero-order chi connectivity index (χ0) is 24.4. The number of hydrogen-bond donors (Lipinski definition) is 2. The molecule has 4 rings (SSSR count). The summed E-state index contributed by atoms with van der Waals surface area (Å²) in [5, 5.41) is 25.2. The van der Waals surface area contributed by atoms with Crippen molar-refractivity contribution in [3.63, 3.8) is 0 Å². The zero-order valence-electron chi connectivity index (χ0n) is 18.9. The van der Waals surface area contributed by atoms with Crippen LogP contribution in [0, 0.1) is 6.92 Å². The standard InChI is InChI=1S/C25H24N2O7/c1-4-32-17-9-6-15(7-10-17)23(29)21-22(16-8-11-18(28)19(13-16)33-5-2)27(25(31)24(21)30)20-12-14(3)34-26-20/h6-13,22,28-29H,4-5H2,1-3H3/t22-/m1/s1. The summed E-state index contributed by atoms with van der Waals surface area (Å²) in [5.41, 5.74) is 0.656. The Bertz CT molecular complexity index is 1260. The number of aliphatic hydroxyl groups is 1. The molecule has 9 nitrogen and oxygen atoms in total. The number of rotatable bonds is 7. The maximum Gasteiger partial charge on any atom is 0.301 e. The monoisotopic (exact) mass is 464 g/mol. The smallest absolute Gasteiger partial charge is 0.301 e. The highest BCUT2D eigenvalue weighted by atomic mass is 16.5. The number of aliphatic hydroxyl groups excluding tert-OH is 1. The van der Waals surface area contributed by atoms with E-state index in [1.54, 1.807) is 44.2 Å². The number of phenolic OH excluding ortho intramolecular Hbond substituents is 1. The minimum Gasteiger partial charge on any atom is -0.507 e. The zero-order valence-corrected chi connectivity index (χ0v) is 18.9. The summed E-state index contributed by atoms with van der Waals surface area (Å²) in [6.45, 7) is 6.07. The molecule has 9 heteroatoms. The van der Waals surface area contributed by atoms with Gasteiger partial charge in [-0.1, -0.05) is 11.2 Å². The molecule has 0 bridgehead atoms. The van der Waals surface area contributed by atoms with E-state index in [2.05, 4.69) is 5.16 Å². The molecule has 34 heavy (non-hydrogen) atoms. The van der Waals surface area contributed by atoms with Crippen LogP contribution in [0.3, 0.4) is 0 Å². The van der Waals surface area contributed by atoms with Gasteiger partial charge < -0.3 is 24.2 Å². The number of benzene rings is 2. The topological polar surface area (TPSA) is 122 Å². The third-order valence-corrected chi connectivity index (χ3v) is 5.34. The van der Waals surface area contributed by atoms with Gasteiger partial charge in [0.25, 0.3) is 5.78 Å². The van der Waals surface area contributed by atoms with Gasteiger partial charge in [-0.05, 0) is 62.7 Å². The van der Waals surface area contributed by atoms with E-state index in [4.69, 9.17) is 14.0 Å². The van der Waals surface area contributed by atoms with Crippen molar-refractivity contribution in [2.75, 3.05) is 18.1 Å². The van der Waals surface area contributed by atoms with Crippen molar-refractivity contribution in [1.29, 1.82) is 0 Å². The van der Waals surface area contributed by atoms with Gasteiger partial charge in [-0.2, -0.15) is 0 Å². The van der Waals surface area contributed by atoms with Crippen LogP contribution in [0.4, 0.5) is 5.82 Å². The number of hydrogen-bond acceptors (Lipinski definition) is 8. The molecule has 1 saturated heterocycles. The molecule has 1 aliphatic rings. The fraction of sp³-hybridized carbons (Fsp3) is 0.240. The second-order valence-corrected chi connectivity index (χ2v) is 7.58. The molecule has 1 fully saturated rings. The normalized spacial score (nSPS) is 17.3. The first-order valence-corrected chi connectivity index (χ1v) is 10.8. The maximum absolute atomic E-state index is 13.2. The molecule has 176 valence electrons. The van der Waals surface area contributed by atoms with Gasteiger partial charge in [0, 0.05) is 11.6 Å². The van der Waals surface area contributed by atoms with Gasteiger partial charge >= 0.3 is 5.91 Å². The predicted molar refractivity (Wildman–Crippen MR) is 123 cm³/mol. The minimum absolute atomic E-state index is 0.0913. The summed E-state index contributed by atoms with van der Waals surface area (Å²) in [5.74, 6) is -0.812. The van der Waals surface area contributed by atoms with E-state index in [9.17, 15) is 19.8 Å². The van der Waals surface area contributed by atoms with Crippen LogP contribution in [0.15, 0.2) is 58.6 Å². The minimum atomic E-state index is -1.03. The Morgan fingerprint density at radius 1 is 1.06 bits per heavy atom. The molecule has 1 aliphatic heterocycles. The van der Waals surface area contributed by atoms with E-state index in [1.807, 2.05) is 6.92 Å².